The maximum Gasteiger partial charge on any atom is 0.269 e. The van der Waals surface area contributed by atoms with Crippen molar-refractivity contribution in [2.24, 2.45) is 0 Å². The predicted octanol–water partition coefficient (Wildman–Crippen LogP) is 4.54. The van der Waals surface area contributed by atoms with E-state index in [1.54, 1.807) is 6.07 Å². The number of nitro benzene ring substituents is 1. The lowest BCUT2D eigenvalue weighted by Crippen LogP contribution is -2.39. The van der Waals surface area contributed by atoms with Crippen molar-refractivity contribution < 1.29 is 14.5 Å². The molecule has 3 aromatic carbocycles. The molecular weight excluding hydrogens is 450 g/mol. The highest BCUT2D eigenvalue weighted by Gasteiger charge is 2.34. The van der Waals surface area contributed by atoms with Gasteiger partial charge in [0.1, 0.15) is 6.54 Å². The van der Waals surface area contributed by atoms with Gasteiger partial charge in [-0.15, -0.1) is 0 Å². The minimum atomic E-state index is -0.520. The fourth-order valence-corrected chi connectivity index (χ4v) is 3.93. The Morgan fingerprint density at radius 2 is 1.77 bits per heavy atom. The van der Waals surface area contributed by atoms with E-state index in [9.17, 15) is 19.7 Å². The Balaban J connectivity index is 1.84. The van der Waals surface area contributed by atoms with Crippen molar-refractivity contribution in [2.75, 3.05) is 11.9 Å². The highest BCUT2D eigenvalue weighted by molar-refractivity contribution is 9.10. The van der Waals surface area contributed by atoms with Crippen LogP contribution in [-0.2, 0) is 4.79 Å². The van der Waals surface area contributed by atoms with Gasteiger partial charge in [-0.2, -0.15) is 0 Å². The van der Waals surface area contributed by atoms with E-state index in [0.29, 0.717) is 5.69 Å². The molecule has 0 aromatic heterocycles. The molecule has 1 aliphatic rings. The number of anilines is 1. The normalized spacial score (nSPS) is 15.7. The molecule has 0 aliphatic carbocycles. The van der Waals surface area contributed by atoms with E-state index >= 15 is 0 Å². The zero-order valence-electron chi connectivity index (χ0n) is 15.6. The number of rotatable bonds is 3. The van der Waals surface area contributed by atoms with Crippen LogP contribution in [0.5, 0.6) is 0 Å². The molecule has 150 valence electrons. The summed E-state index contributed by atoms with van der Waals surface area (Å²) in [6, 6.07) is 19.8. The number of amides is 2. The van der Waals surface area contributed by atoms with Crippen molar-refractivity contribution in [2.45, 2.75) is 6.04 Å². The minimum absolute atomic E-state index is 0.103. The van der Waals surface area contributed by atoms with Crippen LogP contribution >= 0.6 is 15.9 Å². The summed E-state index contributed by atoms with van der Waals surface area (Å²) >= 11 is 3.47. The lowest BCUT2D eigenvalue weighted by atomic mass is 9.95. The number of nitrogens with zero attached hydrogens (tertiary/aromatic N) is 2. The molecule has 2 amide bonds. The van der Waals surface area contributed by atoms with Crippen molar-refractivity contribution in [3.8, 4) is 0 Å². The van der Waals surface area contributed by atoms with Gasteiger partial charge in [-0.05, 0) is 35.9 Å². The number of hydrogen-bond acceptors (Lipinski definition) is 4. The third kappa shape index (κ3) is 3.81. The average molecular weight is 466 g/mol. The predicted molar refractivity (Wildman–Crippen MR) is 115 cm³/mol. The van der Waals surface area contributed by atoms with Crippen molar-refractivity contribution in [3.63, 3.8) is 0 Å². The molecule has 1 heterocycles. The monoisotopic (exact) mass is 465 g/mol. The second kappa shape index (κ2) is 8.08. The molecule has 0 fully saturated rings. The van der Waals surface area contributed by atoms with Crippen LogP contribution in [0.4, 0.5) is 11.4 Å². The third-order valence-corrected chi connectivity index (χ3v) is 5.40. The molecule has 7 nitrogen and oxygen atoms in total. The molecule has 0 saturated heterocycles. The first kappa shape index (κ1) is 19.8. The topological polar surface area (TPSA) is 92.5 Å². The maximum absolute atomic E-state index is 13.4. The summed E-state index contributed by atoms with van der Waals surface area (Å²) < 4.78 is 0.820. The van der Waals surface area contributed by atoms with E-state index in [1.807, 2.05) is 42.5 Å². The summed E-state index contributed by atoms with van der Waals surface area (Å²) in [6.07, 6.45) is 0. The van der Waals surface area contributed by atoms with Gasteiger partial charge < -0.3 is 10.2 Å². The van der Waals surface area contributed by atoms with E-state index < -0.39 is 11.0 Å². The first-order valence-electron chi connectivity index (χ1n) is 9.14. The second-order valence-electron chi connectivity index (χ2n) is 6.83. The first-order chi connectivity index (χ1) is 14.4. The van der Waals surface area contributed by atoms with E-state index in [0.717, 1.165) is 15.6 Å². The van der Waals surface area contributed by atoms with Crippen LogP contribution in [0.25, 0.3) is 0 Å². The van der Waals surface area contributed by atoms with Crippen LogP contribution in [0.15, 0.2) is 77.3 Å². The highest BCUT2D eigenvalue weighted by atomic mass is 79.9. The molecule has 0 bridgehead atoms. The number of hydrogen-bond donors (Lipinski definition) is 1. The summed E-state index contributed by atoms with van der Waals surface area (Å²) in [5.41, 5.74) is 2.43. The molecular formula is C22H16BrN3O4. The second-order valence-corrected chi connectivity index (χ2v) is 7.75. The molecule has 30 heavy (non-hydrogen) atoms. The van der Waals surface area contributed by atoms with Gasteiger partial charge in [-0.25, -0.2) is 0 Å². The van der Waals surface area contributed by atoms with Gasteiger partial charge in [0.2, 0.25) is 5.91 Å². The SMILES string of the molecule is O=C1CN(C(=O)c2ccc([N+](=O)[O-])cc2)[C@H](c2ccccc2)c2cc(Br)ccc2N1. The summed E-state index contributed by atoms with van der Waals surface area (Å²) in [5, 5.41) is 13.8. The van der Waals surface area contributed by atoms with Crippen LogP contribution in [0, 0.1) is 10.1 Å². The van der Waals surface area contributed by atoms with Crippen LogP contribution in [-0.4, -0.2) is 28.2 Å². The molecule has 0 radical (unpaired) electrons. The number of fused-ring (bicyclic) bond motifs is 1. The molecule has 1 N–H and O–H groups in total. The van der Waals surface area contributed by atoms with E-state index in [-0.39, 0.29) is 29.6 Å². The van der Waals surface area contributed by atoms with Gasteiger partial charge in [0.05, 0.1) is 11.0 Å². The molecule has 3 aromatic rings. The lowest BCUT2D eigenvalue weighted by Gasteiger charge is -2.30. The standard InChI is InChI=1S/C22H16BrN3O4/c23-16-8-11-19-18(12-16)21(14-4-2-1-3-5-14)25(13-20(27)24-19)22(28)15-6-9-17(10-7-15)26(29)30/h1-12,21H,13H2,(H,24,27)/t21-/m1/s1. The zero-order valence-corrected chi connectivity index (χ0v) is 17.2. The summed E-state index contributed by atoms with van der Waals surface area (Å²) in [5.74, 6) is -0.700. The fraction of sp³-hybridized carbons (Fsp3) is 0.0909. The Kier molecular flexibility index (Phi) is 5.33. The van der Waals surface area contributed by atoms with Gasteiger partial charge in [0.15, 0.2) is 0 Å². The number of nitro groups is 1. The third-order valence-electron chi connectivity index (χ3n) is 4.91. The quantitative estimate of drug-likeness (QED) is 0.453. The summed E-state index contributed by atoms with van der Waals surface area (Å²) in [4.78, 5) is 37.9. The summed E-state index contributed by atoms with van der Waals surface area (Å²) in [6.45, 7) is -0.151. The van der Waals surface area contributed by atoms with Gasteiger partial charge >= 0.3 is 0 Å². The van der Waals surface area contributed by atoms with Crippen molar-refractivity contribution >= 4 is 39.1 Å². The van der Waals surface area contributed by atoms with Gasteiger partial charge in [0, 0.05) is 33.4 Å². The average Bonchev–Trinajstić information content (AvgIpc) is 2.89. The van der Waals surface area contributed by atoms with E-state index in [2.05, 4.69) is 21.2 Å². The molecule has 0 saturated carbocycles. The van der Waals surface area contributed by atoms with E-state index in [4.69, 9.17) is 0 Å². The number of carbonyl (C=O) groups excluding carboxylic acids is 2. The Hall–Kier alpha value is -3.52. The maximum atomic E-state index is 13.4. The number of benzene rings is 3. The van der Waals surface area contributed by atoms with Gasteiger partial charge in [0.25, 0.3) is 11.6 Å². The molecule has 0 spiro atoms. The smallest absolute Gasteiger partial charge is 0.269 e. The zero-order chi connectivity index (χ0) is 21.3. The Bertz CT molecular complexity index is 1130. The van der Waals surface area contributed by atoms with Gasteiger partial charge in [-0.3, -0.25) is 19.7 Å². The summed E-state index contributed by atoms with van der Waals surface area (Å²) in [7, 11) is 0. The Labute approximate surface area is 180 Å². The number of halogens is 1. The number of carbonyl (C=O) groups is 2. The molecule has 0 unspecified atom stereocenters. The van der Waals surface area contributed by atoms with Crippen molar-refractivity contribution in [3.05, 3.63) is 104 Å². The van der Waals surface area contributed by atoms with Crippen LogP contribution in [0.3, 0.4) is 0 Å². The first-order valence-corrected chi connectivity index (χ1v) is 9.93. The largest absolute Gasteiger partial charge is 0.324 e. The van der Waals surface area contributed by atoms with Crippen LogP contribution in [0.1, 0.15) is 27.5 Å². The fourth-order valence-electron chi connectivity index (χ4n) is 3.55. The van der Waals surface area contributed by atoms with Crippen LogP contribution in [0.2, 0.25) is 0 Å². The molecule has 1 atom stereocenters. The molecule has 8 heteroatoms. The van der Waals surface area contributed by atoms with E-state index in [1.165, 1.54) is 29.2 Å². The van der Waals surface area contributed by atoms with Crippen molar-refractivity contribution in [1.82, 2.24) is 4.90 Å². The lowest BCUT2D eigenvalue weighted by molar-refractivity contribution is -0.384. The highest BCUT2D eigenvalue weighted by Crippen LogP contribution is 2.38. The molecule has 4 rings (SSSR count). The molecule has 1 aliphatic heterocycles. The van der Waals surface area contributed by atoms with Crippen molar-refractivity contribution in [1.29, 1.82) is 0 Å². The van der Waals surface area contributed by atoms with Crippen LogP contribution < -0.4 is 5.32 Å². The number of nitrogens with one attached hydrogen (secondary N) is 1. The Morgan fingerprint density at radius 1 is 1.07 bits per heavy atom. The van der Waals surface area contributed by atoms with Gasteiger partial charge in [-0.1, -0.05) is 46.3 Å². The Morgan fingerprint density at radius 3 is 2.43 bits per heavy atom. The minimum Gasteiger partial charge on any atom is -0.324 e. The number of non-ortho nitro benzene ring substituents is 1.